The molecule has 0 N–H and O–H groups in total. The van der Waals surface area contributed by atoms with E-state index < -0.39 is 0 Å². The molecule has 192 valence electrons. The molecule has 1 aliphatic heterocycles. The van der Waals surface area contributed by atoms with E-state index in [1.165, 1.54) is 11.1 Å². The van der Waals surface area contributed by atoms with Gasteiger partial charge in [-0.1, -0.05) is 84.3 Å². The predicted octanol–water partition coefficient (Wildman–Crippen LogP) is 3.08. The molecule has 1 aliphatic rings. The summed E-state index contributed by atoms with van der Waals surface area (Å²) in [6, 6.07) is 20.3. The van der Waals surface area contributed by atoms with Crippen LogP contribution >= 0.6 is 0 Å². The number of nitrogens with zero attached hydrogens (tertiary/aromatic N) is 2. The molecule has 3 rings (SSSR count). The largest absolute Gasteiger partial charge is 0.374 e. The first-order chi connectivity index (χ1) is 17.9. The average molecular weight is 491 g/mol. The first kappa shape index (κ1) is 27.9. The minimum absolute atomic E-state index is 0.450. The van der Waals surface area contributed by atoms with Crippen molar-refractivity contribution in [1.82, 2.24) is 9.80 Å². The number of hydrogen-bond acceptors (Lipinski definition) is 6. The molecule has 0 aliphatic carbocycles. The van der Waals surface area contributed by atoms with Gasteiger partial charge in [0.05, 0.1) is 52.7 Å². The molecule has 1 saturated heterocycles. The number of rotatable bonds is 14. The molecular weight excluding hydrogens is 452 g/mol. The third kappa shape index (κ3) is 12.9. The Morgan fingerprint density at radius 2 is 0.889 bits per heavy atom. The maximum absolute atomic E-state index is 5.60. The van der Waals surface area contributed by atoms with Crippen LogP contribution in [0.15, 0.2) is 60.7 Å². The Hall–Kier alpha value is -2.68. The van der Waals surface area contributed by atoms with Gasteiger partial charge in [0.2, 0.25) is 0 Å². The van der Waals surface area contributed by atoms with Crippen molar-refractivity contribution >= 4 is 0 Å². The van der Waals surface area contributed by atoms with Crippen LogP contribution < -0.4 is 0 Å². The minimum atomic E-state index is 0.450. The monoisotopic (exact) mass is 490 g/mol. The Kier molecular flexibility index (Phi) is 14.4. The first-order valence-corrected chi connectivity index (χ1v) is 12.6. The summed E-state index contributed by atoms with van der Waals surface area (Å²) in [4.78, 5) is 4.75. The molecule has 1 fully saturated rings. The van der Waals surface area contributed by atoms with Crippen LogP contribution in [-0.4, -0.2) is 88.7 Å². The fourth-order valence-electron chi connectivity index (χ4n) is 3.55. The maximum atomic E-state index is 5.60. The molecule has 36 heavy (non-hydrogen) atoms. The van der Waals surface area contributed by atoms with E-state index in [0.717, 1.165) is 39.3 Å². The second-order valence-electron chi connectivity index (χ2n) is 8.44. The van der Waals surface area contributed by atoms with Gasteiger partial charge in [0.25, 0.3) is 0 Å². The van der Waals surface area contributed by atoms with Crippen LogP contribution in [0.1, 0.15) is 11.1 Å². The summed E-state index contributed by atoms with van der Waals surface area (Å²) in [6.07, 6.45) is 0. The molecule has 6 heteroatoms. The third-order valence-electron chi connectivity index (χ3n) is 5.64. The molecule has 0 spiro atoms. The molecular formula is C30H38N2O4. The van der Waals surface area contributed by atoms with Crippen molar-refractivity contribution in [3.05, 3.63) is 71.8 Å². The Bertz CT molecular complexity index is 859. The van der Waals surface area contributed by atoms with Gasteiger partial charge in [-0.05, 0) is 11.1 Å². The summed E-state index contributed by atoms with van der Waals surface area (Å²) < 4.78 is 22.3. The molecule has 0 amide bonds. The fourth-order valence-corrected chi connectivity index (χ4v) is 3.55. The zero-order valence-electron chi connectivity index (χ0n) is 21.2. The van der Waals surface area contributed by atoms with Gasteiger partial charge in [-0.3, -0.25) is 9.80 Å². The summed E-state index contributed by atoms with van der Waals surface area (Å²) in [5.41, 5.74) is 2.35. The van der Waals surface area contributed by atoms with E-state index in [1.807, 2.05) is 36.4 Å². The molecule has 1 heterocycles. The number of piperazine rings is 1. The van der Waals surface area contributed by atoms with Crippen molar-refractivity contribution in [2.75, 3.05) is 78.9 Å². The molecule has 0 bridgehead atoms. The van der Waals surface area contributed by atoms with E-state index in [4.69, 9.17) is 18.9 Å². The van der Waals surface area contributed by atoms with Crippen molar-refractivity contribution in [3.8, 4) is 23.7 Å². The smallest absolute Gasteiger partial charge is 0.107 e. The Morgan fingerprint density at radius 3 is 1.31 bits per heavy atom. The number of ether oxygens (including phenoxy) is 4. The minimum Gasteiger partial charge on any atom is -0.374 e. The van der Waals surface area contributed by atoms with E-state index >= 15 is 0 Å². The lowest BCUT2D eigenvalue weighted by molar-refractivity contribution is 0.0519. The van der Waals surface area contributed by atoms with E-state index in [0.29, 0.717) is 52.9 Å². The summed E-state index contributed by atoms with van der Waals surface area (Å²) in [5, 5.41) is 0. The van der Waals surface area contributed by atoms with Crippen LogP contribution in [0.2, 0.25) is 0 Å². The zero-order chi connectivity index (χ0) is 24.9. The van der Waals surface area contributed by atoms with Crippen LogP contribution in [0.25, 0.3) is 0 Å². The van der Waals surface area contributed by atoms with E-state index in [-0.39, 0.29) is 0 Å². The van der Waals surface area contributed by atoms with Crippen molar-refractivity contribution in [1.29, 1.82) is 0 Å². The van der Waals surface area contributed by atoms with Crippen molar-refractivity contribution in [2.24, 2.45) is 0 Å². The van der Waals surface area contributed by atoms with Crippen LogP contribution in [0, 0.1) is 23.7 Å². The molecule has 0 atom stereocenters. The Labute approximate surface area is 216 Å². The van der Waals surface area contributed by atoms with Gasteiger partial charge in [-0.15, -0.1) is 0 Å². The van der Waals surface area contributed by atoms with Crippen molar-refractivity contribution < 1.29 is 18.9 Å². The molecule has 0 saturated carbocycles. The average Bonchev–Trinajstić information content (AvgIpc) is 2.93. The van der Waals surface area contributed by atoms with E-state index in [1.54, 1.807) is 0 Å². The van der Waals surface area contributed by atoms with Crippen LogP contribution in [-0.2, 0) is 32.2 Å². The van der Waals surface area contributed by atoms with E-state index in [2.05, 4.69) is 57.7 Å². The molecule has 6 nitrogen and oxygen atoms in total. The molecule has 2 aromatic carbocycles. The number of benzene rings is 2. The van der Waals surface area contributed by atoms with Gasteiger partial charge in [0, 0.05) is 26.2 Å². The zero-order valence-corrected chi connectivity index (χ0v) is 21.2. The second-order valence-corrected chi connectivity index (χ2v) is 8.44. The summed E-state index contributed by atoms with van der Waals surface area (Å²) in [7, 11) is 0. The van der Waals surface area contributed by atoms with Crippen molar-refractivity contribution in [3.63, 3.8) is 0 Å². The van der Waals surface area contributed by atoms with Crippen LogP contribution in [0.3, 0.4) is 0 Å². The summed E-state index contributed by atoms with van der Waals surface area (Å²) in [5.74, 6) is 12.6. The predicted molar refractivity (Wildman–Crippen MR) is 142 cm³/mol. The summed E-state index contributed by atoms with van der Waals surface area (Å²) >= 11 is 0. The highest BCUT2D eigenvalue weighted by atomic mass is 16.5. The van der Waals surface area contributed by atoms with Crippen molar-refractivity contribution in [2.45, 2.75) is 13.2 Å². The molecule has 0 aromatic heterocycles. The highest BCUT2D eigenvalue weighted by Gasteiger charge is 2.14. The number of hydrogen-bond donors (Lipinski definition) is 0. The summed E-state index contributed by atoms with van der Waals surface area (Å²) in [6.45, 7) is 10.0. The lowest BCUT2D eigenvalue weighted by Crippen LogP contribution is -2.46. The lowest BCUT2D eigenvalue weighted by atomic mass is 10.2. The van der Waals surface area contributed by atoms with Gasteiger partial charge >= 0.3 is 0 Å². The molecule has 0 unspecified atom stereocenters. The van der Waals surface area contributed by atoms with Gasteiger partial charge in [-0.2, -0.15) is 0 Å². The van der Waals surface area contributed by atoms with Crippen LogP contribution in [0.5, 0.6) is 0 Å². The Morgan fingerprint density at radius 1 is 0.500 bits per heavy atom. The Balaban J connectivity index is 1.10. The fraction of sp³-hybridized carbons (Fsp3) is 0.467. The first-order valence-electron chi connectivity index (χ1n) is 12.6. The highest BCUT2D eigenvalue weighted by molar-refractivity contribution is 5.14. The quantitative estimate of drug-likeness (QED) is 0.300. The third-order valence-corrected chi connectivity index (χ3v) is 5.64. The molecule has 2 aromatic rings. The van der Waals surface area contributed by atoms with E-state index in [9.17, 15) is 0 Å². The second kappa shape index (κ2) is 18.6. The molecule has 0 radical (unpaired) electrons. The van der Waals surface area contributed by atoms with Gasteiger partial charge < -0.3 is 18.9 Å². The van der Waals surface area contributed by atoms with Gasteiger partial charge in [-0.25, -0.2) is 0 Å². The standard InChI is InChI=1S/C30H38N2O4/c1-3-11-29(12-4-1)27-35-25-23-33-21-9-7-15-31-17-19-32(20-18-31)16-8-10-22-34-24-26-36-28-30-13-5-2-6-14-30/h1-6,11-14H,15-28H2. The topological polar surface area (TPSA) is 43.4 Å². The maximum Gasteiger partial charge on any atom is 0.107 e. The van der Waals surface area contributed by atoms with Gasteiger partial charge in [0.15, 0.2) is 0 Å². The normalized spacial score (nSPS) is 14.0. The highest BCUT2D eigenvalue weighted by Crippen LogP contribution is 2.02. The SMILES string of the molecule is C(#CCN1CCN(CC#CCOCCOCc2ccccc2)CC1)COCCOCc1ccccc1. The van der Waals surface area contributed by atoms with Crippen LogP contribution in [0.4, 0.5) is 0 Å². The lowest BCUT2D eigenvalue weighted by Gasteiger charge is -2.32. The van der Waals surface area contributed by atoms with Gasteiger partial charge in [0.1, 0.15) is 13.2 Å².